The highest BCUT2D eigenvalue weighted by molar-refractivity contribution is 5.98. The number of hydrogen-bond donors (Lipinski definition) is 1. The minimum Gasteiger partial charge on any atom is -0.496 e. The van der Waals surface area contributed by atoms with E-state index in [9.17, 15) is 9.59 Å². The normalized spacial score (nSPS) is 13.2. The van der Waals surface area contributed by atoms with Crippen molar-refractivity contribution in [1.29, 1.82) is 0 Å². The van der Waals surface area contributed by atoms with Gasteiger partial charge in [0.25, 0.3) is 5.91 Å². The molecule has 0 radical (unpaired) electrons. The number of nitrogens with zero attached hydrogens (tertiary/aromatic N) is 1. The third kappa shape index (κ3) is 5.24. The molecule has 0 bridgehead atoms. The summed E-state index contributed by atoms with van der Waals surface area (Å²) >= 11 is 0. The van der Waals surface area contributed by atoms with Gasteiger partial charge < -0.3 is 24.4 Å². The molecule has 35 heavy (non-hydrogen) atoms. The number of nitrogens with one attached hydrogen (secondary N) is 1. The molecule has 1 N–H and O–H groups in total. The number of carbonyl (C=O) groups is 2. The molecule has 0 spiro atoms. The van der Waals surface area contributed by atoms with Crippen LogP contribution in [0.15, 0.2) is 66.7 Å². The van der Waals surface area contributed by atoms with Crippen LogP contribution in [0.25, 0.3) is 0 Å². The zero-order chi connectivity index (χ0) is 24.8. The van der Waals surface area contributed by atoms with Gasteiger partial charge in [-0.15, -0.1) is 0 Å². The minimum absolute atomic E-state index is 0.0871. The molecule has 3 aromatic rings. The van der Waals surface area contributed by atoms with Crippen molar-refractivity contribution in [1.82, 2.24) is 10.2 Å². The van der Waals surface area contributed by atoms with Crippen LogP contribution in [0.5, 0.6) is 17.2 Å². The summed E-state index contributed by atoms with van der Waals surface area (Å²) in [4.78, 5) is 28.2. The van der Waals surface area contributed by atoms with E-state index in [1.54, 1.807) is 19.1 Å². The molecule has 3 aromatic carbocycles. The predicted molar refractivity (Wildman–Crippen MR) is 133 cm³/mol. The topological polar surface area (TPSA) is 77.1 Å². The minimum atomic E-state index is -0.475. The molecule has 1 atom stereocenters. The number of amides is 2. The van der Waals surface area contributed by atoms with Crippen LogP contribution in [0.2, 0.25) is 0 Å². The van der Waals surface area contributed by atoms with Crippen molar-refractivity contribution in [3.63, 3.8) is 0 Å². The quantitative estimate of drug-likeness (QED) is 0.468. The molecule has 182 valence electrons. The van der Waals surface area contributed by atoms with Gasteiger partial charge in [-0.25, -0.2) is 0 Å². The molecule has 1 aliphatic heterocycles. The maximum Gasteiger partial charge on any atom is 0.255 e. The fraction of sp³-hybridized carbons (Fsp3) is 0.286. The van der Waals surface area contributed by atoms with Gasteiger partial charge in [0.1, 0.15) is 5.75 Å². The second-order valence-electron chi connectivity index (χ2n) is 8.24. The lowest BCUT2D eigenvalue weighted by molar-refractivity contribution is -0.122. The maximum absolute atomic E-state index is 13.3. The van der Waals surface area contributed by atoms with Gasteiger partial charge in [0.2, 0.25) is 5.91 Å². The van der Waals surface area contributed by atoms with Gasteiger partial charge in [0.15, 0.2) is 11.5 Å². The number of benzene rings is 3. The fourth-order valence-corrected chi connectivity index (χ4v) is 4.39. The second-order valence-corrected chi connectivity index (χ2v) is 8.24. The Morgan fingerprint density at radius 1 is 0.971 bits per heavy atom. The molecule has 1 heterocycles. The Bertz CT molecular complexity index is 1210. The molecule has 0 fully saturated rings. The van der Waals surface area contributed by atoms with Gasteiger partial charge in [-0.3, -0.25) is 9.59 Å². The van der Waals surface area contributed by atoms with Crippen LogP contribution in [-0.2, 0) is 17.9 Å². The summed E-state index contributed by atoms with van der Waals surface area (Å²) in [6.45, 7) is 3.18. The van der Waals surface area contributed by atoms with E-state index >= 15 is 0 Å². The van der Waals surface area contributed by atoms with Crippen LogP contribution in [0.1, 0.15) is 46.4 Å². The third-order valence-electron chi connectivity index (χ3n) is 6.15. The predicted octanol–water partition coefficient (Wildman–Crippen LogP) is 4.51. The van der Waals surface area contributed by atoms with E-state index in [0.29, 0.717) is 42.5 Å². The fourth-order valence-electron chi connectivity index (χ4n) is 4.39. The number of ether oxygens (including phenoxy) is 3. The van der Waals surface area contributed by atoms with Crippen LogP contribution in [0, 0.1) is 0 Å². The Morgan fingerprint density at radius 3 is 2.46 bits per heavy atom. The summed E-state index contributed by atoms with van der Waals surface area (Å²) in [5.74, 6) is 1.64. The van der Waals surface area contributed by atoms with Crippen molar-refractivity contribution >= 4 is 11.8 Å². The van der Waals surface area contributed by atoms with Crippen LogP contribution in [0.3, 0.4) is 0 Å². The van der Waals surface area contributed by atoms with E-state index in [1.807, 2.05) is 73.7 Å². The monoisotopic (exact) mass is 474 g/mol. The third-order valence-corrected chi connectivity index (χ3v) is 6.15. The summed E-state index contributed by atoms with van der Waals surface area (Å²) in [5.41, 5.74) is 3.31. The van der Waals surface area contributed by atoms with Crippen molar-refractivity contribution in [2.45, 2.75) is 32.5 Å². The molecule has 0 saturated carbocycles. The van der Waals surface area contributed by atoms with Gasteiger partial charge in [-0.05, 0) is 42.3 Å². The number of hydrogen-bond acceptors (Lipinski definition) is 5. The summed E-state index contributed by atoms with van der Waals surface area (Å²) in [7, 11) is 3.18. The van der Waals surface area contributed by atoms with Crippen LogP contribution in [0.4, 0.5) is 0 Å². The van der Waals surface area contributed by atoms with Crippen molar-refractivity contribution in [3.8, 4) is 17.2 Å². The zero-order valence-corrected chi connectivity index (χ0v) is 20.2. The van der Waals surface area contributed by atoms with Crippen molar-refractivity contribution in [2.24, 2.45) is 0 Å². The van der Waals surface area contributed by atoms with Gasteiger partial charge in [-0.2, -0.15) is 0 Å². The Balaban J connectivity index is 1.60. The highest BCUT2D eigenvalue weighted by Crippen LogP contribution is 2.37. The molecule has 1 unspecified atom stereocenters. The smallest absolute Gasteiger partial charge is 0.255 e. The molecule has 4 rings (SSSR count). The van der Waals surface area contributed by atoms with E-state index < -0.39 is 6.04 Å². The SMILES string of the molecule is CCOc1ccc(C(CC(=O)NCc2ccccc2OC)N2Cc3ccccc3C2=O)cc1OC. The van der Waals surface area contributed by atoms with E-state index in [-0.39, 0.29) is 18.2 Å². The molecule has 0 saturated heterocycles. The summed E-state index contributed by atoms with van der Waals surface area (Å²) in [6.07, 6.45) is 0.103. The zero-order valence-electron chi connectivity index (χ0n) is 20.2. The lowest BCUT2D eigenvalue weighted by atomic mass is 10.0. The number of carbonyl (C=O) groups excluding carboxylic acids is 2. The average molecular weight is 475 g/mol. The van der Waals surface area contributed by atoms with Crippen LogP contribution >= 0.6 is 0 Å². The van der Waals surface area contributed by atoms with E-state index in [1.165, 1.54) is 0 Å². The highest BCUT2D eigenvalue weighted by Gasteiger charge is 2.34. The molecule has 7 heteroatoms. The van der Waals surface area contributed by atoms with Gasteiger partial charge in [0.05, 0.1) is 33.3 Å². The van der Waals surface area contributed by atoms with Crippen molar-refractivity contribution in [3.05, 3.63) is 89.0 Å². The van der Waals surface area contributed by atoms with Gasteiger partial charge in [0, 0.05) is 24.2 Å². The molecule has 2 amide bonds. The Hall–Kier alpha value is -4.00. The van der Waals surface area contributed by atoms with E-state index in [4.69, 9.17) is 14.2 Å². The Kier molecular flexibility index (Phi) is 7.55. The summed E-state index contributed by atoms with van der Waals surface area (Å²) < 4.78 is 16.6. The molecule has 1 aliphatic rings. The molecular weight excluding hydrogens is 444 g/mol. The molecule has 0 aliphatic carbocycles. The lowest BCUT2D eigenvalue weighted by Gasteiger charge is -2.28. The first-order chi connectivity index (χ1) is 17.0. The number of rotatable bonds is 10. The standard InChI is InChI=1S/C28H30N2O5/c1-4-35-25-14-13-19(15-26(25)34-3)23(30-18-21-10-5-7-11-22(21)28(30)32)16-27(31)29-17-20-9-6-8-12-24(20)33-2/h5-15,23H,4,16-18H2,1-3H3,(H,29,31). The summed E-state index contributed by atoms with van der Waals surface area (Å²) in [6, 6.07) is 20.2. The first kappa shape index (κ1) is 24.1. The highest BCUT2D eigenvalue weighted by atomic mass is 16.5. The van der Waals surface area contributed by atoms with Crippen molar-refractivity contribution < 1.29 is 23.8 Å². The largest absolute Gasteiger partial charge is 0.496 e. The Morgan fingerprint density at radius 2 is 1.71 bits per heavy atom. The van der Waals surface area contributed by atoms with E-state index in [0.717, 1.165) is 16.7 Å². The number of fused-ring (bicyclic) bond motifs is 1. The van der Waals surface area contributed by atoms with Gasteiger partial charge in [-0.1, -0.05) is 42.5 Å². The number of para-hydroxylation sites is 1. The van der Waals surface area contributed by atoms with E-state index in [2.05, 4.69) is 5.32 Å². The van der Waals surface area contributed by atoms with Crippen molar-refractivity contribution in [2.75, 3.05) is 20.8 Å². The maximum atomic E-state index is 13.3. The first-order valence-electron chi connectivity index (χ1n) is 11.6. The van der Waals surface area contributed by atoms with Gasteiger partial charge >= 0.3 is 0 Å². The second kappa shape index (κ2) is 11.0. The Labute approximate surface area is 205 Å². The first-order valence-corrected chi connectivity index (χ1v) is 11.6. The molecular formula is C28H30N2O5. The number of methoxy groups -OCH3 is 2. The average Bonchev–Trinajstić information content (AvgIpc) is 3.22. The summed E-state index contributed by atoms with van der Waals surface area (Å²) in [5, 5.41) is 2.98. The lowest BCUT2D eigenvalue weighted by Crippen LogP contribution is -2.34. The van der Waals surface area contributed by atoms with Crippen LogP contribution in [-0.4, -0.2) is 37.5 Å². The van der Waals surface area contributed by atoms with Crippen LogP contribution < -0.4 is 19.5 Å². The molecule has 7 nitrogen and oxygen atoms in total. The molecule has 0 aromatic heterocycles.